The standard InChI is InChI=1S/C11H14BrNO/c1-14-8-4-5-9(10(12)7-8)11-3-2-6-13-11/h4-5,7,11,13H,2-3,6H2,1H3/t11-/m0/s1. The highest BCUT2D eigenvalue weighted by Crippen LogP contribution is 2.31. The fraction of sp³-hybridized carbons (Fsp3) is 0.455. The molecule has 1 aliphatic rings. The Bertz CT molecular complexity index is 321. The zero-order valence-corrected chi connectivity index (χ0v) is 9.80. The molecule has 0 radical (unpaired) electrons. The van der Waals surface area contributed by atoms with E-state index in [1.165, 1.54) is 18.4 Å². The van der Waals surface area contributed by atoms with E-state index in [4.69, 9.17) is 4.74 Å². The quantitative estimate of drug-likeness (QED) is 0.878. The number of ether oxygens (including phenoxy) is 1. The van der Waals surface area contributed by atoms with E-state index in [9.17, 15) is 0 Å². The summed E-state index contributed by atoms with van der Waals surface area (Å²) in [7, 11) is 1.69. The average Bonchev–Trinajstić information content (AvgIpc) is 2.70. The molecule has 76 valence electrons. The molecule has 2 nitrogen and oxygen atoms in total. The first-order chi connectivity index (χ1) is 6.81. The first kappa shape index (κ1) is 9.99. The van der Waals surface area contributed by atoms with Crippen molar-refractivity contribution in [2.75, 3.05) is 13.7 Å². The van der Waals surface area contributed by atoms with Crippen molar-refractivity contribution in [1.82, 2.24) is 5.32 Å². The van der Waals surface area contributed by atoms with Gasteiger partial charge in [-0.1, -0.05) is 22.0 Å². The van der Waals surface area contributed by atoms with Crippen LogP contribution in [0.3, 0.4) is 0 Å². The van der Waals surface area contributed by atoms with Crippen molar-refractivity contribution >= 4 is 15.9 Å². The van der Waals surface area contributed by atoms with Gasteiger partial charge < -0.3 is 10.1 Å². The number of benzene rings is 1. The molecule has 0 amide bonds. The Hall–Kier alpha value is -0.540. The Kier molecular flexibility index (Phi) is 3.08. The maximum atomic E-state index is 5.16. The third-order valence-electron chi connectivity index (χ3n) is 2.64. The lowest BCUT2D eigenvalue weighted by Gasteiger charge is -2.13. The molecule has 0 bridgehead atoms. The van der Waals surface area contributed by atoms with E-state index in [2.05, 4.69) is 27.3 Å². The van der Waals surface area contributed by atoms with E-state index >= 15 is 0 Å². The zero-order chi connectivity index (χ0) is 9.97. The molecule has 1 aliphatic heterocycles. The van der Waals surface area contributed by atoms with E-state index in [1.807, 2.05) is 12.1 Å². The summed E-state index contributed by atoms with van der Waals surface area (Å²) < 4.78 is 6.30. The second kappa shape index (κ2) is 4.32. The molecule has 3 heteroatoms. The highest BCUT2D eigenvalue weighted by Gasteiger charge is 2.18. The number of hydrogen-bond acceptors (Lipinski definition) is 2. The van der Waals surface area contributed by atoms with Gasteiger partial charge in [-0.3, -0.25) is 0 Å². The topological polar surface area (TPSA) is 21.3 Å². The fourth-order valence-electron chi connectivity index (χ4n) is 1.87. The van der Waals surface area contributed by atoms with Crippen LogP contribution in [0, 0.1) is 0 Å². The van der Waals surface area contributed by atoms with Crippen LogP contribution in [-0.4, -0.2) is 13.7 Å². The molecule has 14 heavy (non-hydrogen) atoms. The molecule has 1 saturated heterocycles. The van der Waals surface area contributed by atoms with E-state index in [0.29, 0.717) is 6.04 Å². The SMILES string of the molecule is COc1ccc([C@@H]2CCCN2)c(Br)c1. The molecule has 0 aromatic heterocycles. The summed E-state index contributed by atoms with van der Waals surface area (Å²) in [5.74, 6) is 0.902. The Balaban J connectivity index is 2.25. The van der Waals surface area contributed by atoms with Crippen molar-refractivity contribution in [3.8, 4) is 5.75 Å². The van der Waals surface area contributed by atoms with Gasteiger partial charge in [-0.25, -0.2) is 0 Å². The van der Waals surface area contributed by atoms with Gasteiger partial charge in [-0.05, 0) is 37.1 Å². The van der Waals surface area contributed by atoms with Crippen LogP contribution in [0.25, 0.3) is 0 Å². The van der Waals surface area contributed by atoms with E-state index in [0.717, 1.165) is 16.8 Å². The lowest BCUT2D eigenvalue weighted by atomic mass is 10.1. The third kappa shape index (κ3) is 1.93. The largest absolute Gasteiger partial charge is 0.497 e. The van der Waals surface area contributed by atoms with Crippen molar-refractivity contribution < 1.29 is 4.74 Å². The molecule has 1 heterocycles. The van der Waals surface area contributed by atoms with Gasteiger partial charge in [0.1, 0.15) is 5.75 Å². The predicted octanol–water partition coefficient (Wildman–Crippen LogP) is 2.88. The summed E-state index contributed by atoms with van der Waals surface area (Å²) in [6.07, 6.45) is 2.49. The van der Waals surface area contributed by atoms with Crippen molar-refractivity contribution in [1.29, 1.82) is 0 Å². The van der Waals surface area contributed by atoms with E-state index in [-0.39, 0.29) is 0 Å². The zero-order valence-electron chi connectivity index (χ0n) is 8.22. The highest BCUT2D eigenvalue weighted by atomic mass is 79.9. The number of rotatable bonds is 2. The van der Waals surface area contributed by atoms with Crippen LogP contribution in [0.1, 0.15) is 24.4 Å². The molecule has 1 aromatic carbocycles. The average molecular weight is 256 g/mol. The Labute approximate surface area is 92.8 Å². The highest BCUT2D eigenvalue weighted by molar-refractivity contribution is 9.10. The van der Waals surface area contributed by atoms with Gasteiger partial charge in [0.05, 0.1) is 7.11 Å². The second-order valence-corrected chi connectivity index (χ2v) is 4.39. The van der Waals surface area contributed by atoms with Gasteiger partial charge in [0.2, 0.25) is 0 Å². The van der Waals surface area contributed by atoms with Crippen LogP contribution in [0.15, 0.2) is 22.7 Å². The van der Waals surface area contributed by atoms with Gasteiger partial charge in [-0.15, -0.1) is 0 Å². The second-order valence-electron chi connectivity index (χ2n) is 3.54. The minimum Gasteiger partial charge on any atom is -0.497 e. The smallest absolute Gasteiger partial charge is 0.120 e. The fourth-order valence-corrected chi connectivity index (χ4v) is 2.50. The summed E-state index contributed by atoms with van der Waals surface area (Å²) in [4.78, 5) is 0. The minimum atomic E-state index is 0.510. The monoisotopic (exact) mass is 255 g/mol. The van der Waals surface area contributed by atoms with Crippen molar-refractivity contribution in [3.05, 3.63) is 28.2 Å². The maximum Gasteiger partial charge on any atom is 0.120 e. The summed E-state index contributed by atoms with van der Waals surface area (Å²) >= 11 is 3.58. The molecular weight excluding hydrogens is 242 g/mol. The molecule has 0 saturated carbocycles. The molecule has 0 aliphatic carbocycles. The molecule has 1 fully saturated rings. The summed E-state index contributed by atoms with van der Waals surface area (Å²) in [5.41, 5.74) is 1.34. The normalized spacial score (nSPS) is 21.1. The van der Waals surface area contributed by atoms with Crippen LogP contribution >= 0.6 is 15.9 Å². The lowest BCUT2D eigenvalue weighted by molar-refractivity contribution is 0.414. The number of methoxy groups -OCH3 is 1. The molecular formula is C11H14BrNO. The van der Waals surface area contributed by atoms with E-state index in [1.54, 1.807) is 7.11 Å². The number of nitrogens with one attached hydrogen (secondary N) is 1. The van der Waals surface area contributed by atoms with Crippen LogP contribution in [0.5, 0.6) is 5.75 Å². The molecule has 1 atom stereocenters. The molecule has 2 rings (SSSR count). The van der Waals surface area contributed by atoms with Gasteiger partial charge in [-0.2, -0.15) is 0 Å². The molecule has 0 spiro atoms. The van der Waals surface area contributed by atoms with Gasteiger partial charge >= 0.3 is 0 Å². The Morgan fingerprint density at radius 2 is 2.36 bits per heavy atom. The molecule has 1 N–H and O–H groups in total. The Morgan fingerprint density at radius 3 is 2.93 bits per heavy atom. The summed E-state index contributed by atoms with van der Waals surface area (Å²) in [6, 6.07) is 6.68. The van der Waals surface area contributed by atoms with Crippen LogP contribution in [-0.2, 0) is 0 Å². The third-order valence-corrected chi connectivity index (χ3v) is 3.33. The van der Waals surface area contributed by atoms with Crippen LogP contribution in [0.4, 0.5) is 0 Å². The lowest BCUT2D eigenvalue weighted by Crippen LogP contribution is -2.13. The summed E-state index contributed by atoms with van der Waals surface area (Å²) in [5, 5.41) is 3.48. The van der Waals surface area contributed by atoms with Crippen molar-refractivity contribution in [2.24, 2.45) is 0 Å². The number of hydrogen-bond donors (Lipinski definition) is 1. The predicted molar refractivity (Wildman–Crippen MR) is 60.7 cm³/mol. The van der Waals surface area contributed by atoms with Crippen LogP contribution in [0.2, 0.25) is 0 Å². The first-order valence-electron chi connectivity index (χ1n) is 4.88. The minimum absolute atomic E-state index is 0.510. The Morgan fingerprint density at radius 1 is 1.50 bits per heavy atom. The number of halogens is 1. The first-order valence-corrected chi connectivity index (χ1v) is 5.67. The molecule has 1 aromatic rings. The van der Waals surface area contributed by atoms with E-state index < -0.39 is 0 Å². The van der Waals surface area contributed by atoms with Gasteiger partial charge in [0.25, 0.3) is 0 Å². The van der Waals surface area contributed by atoms with Crippen molar-refractivity contribution in [2.45, 2.75) is 18.9 Å². The van der Waals surface area contributed by atoms with Gasteiger partial charge in [0, 0.05) is 10.5 Å². The summed E-state index contributed by atoms with van der Waals surface area (Å²) in [6.45, 7) is 1.13. The van der Waals surface area contributed by atoms with Crippen molar-refractivity contribution in [3.63, 3.8) is 0 Å². The van der Waals surface area contributed by atoms with Gasteiger partial charge in [0.15, 0.2) is 0 Å². The maximum absolute atomic E-state index is 5.16. The van der Waals surface area contributed by atoms with Crippen LogP contribution < -0.4 is 10.1 Å². The molecule has 0 unspecified atom stereocenters.